The van der Waals surface area contributed by atoms with E-state index in [-0.39, 0.29) is 0 Å². The highest BCUT2D eigenvalue weighted by Gasteiger charge is 2.30. The molecule has 126 valence electrons. The number of hydrogen-bond acceptors (Lipinski definition) is 3. The predicted octanol–water partition coefficient (Wildman–Crippen LogP) is 2.21. The van der Waals surface area contributed by atoms with Gasteiger partial charge in [-0.3, -0.25) is 0 Å². The van der Waals surface area contributed by atoms with Crippen molar-refractivity contribution >= 4 is 10.2 Å². The lowest BCUT2D eigenvalue weighted by Gasteiger charge is -2.33. The van der Waals surface area contributed by atoms with Gasteiger partial charge < -0.3 is 5.32 Å². The first kappa shape index (κ1) is 18.9. The Morgan fingerprint density at radius 3 is 2.00 bits per heavy atom. The highest BCUT2D eigenvalue weighted by Crippen LogP contribution is 2.15. The Bertz CT molecular complexity index is 361. The zero-order valence-corrected chi connectivity index (χ0v) is 14.8. The van der Waals surface area contributed by atoms with Crippen LogP contribution >= 0.6 is 0 Å². The molecular formula is C15H33N3O2S. The maximum atomic E-state index is 12.9. The van der Waals surface area contributed by atoms with Crippen LogP contribution in [0.25, 0.3) is 0 Å². The molecule has 0 bridgehead atoms. The van der Waals surface area contributed by atoms with Crippen molar-refractivity contribution in [3.05, 3.63) is 0 Å². The van der Waals surface area contributed by atoms with Gasteiger partial charge in [-0.2, -0.15) is 17.0 Å². The van der Waals surface area contributed by atoms with E-state index >= 15 is 0 Å². The van der Waals surface area contributed by atoms with Crippen molar-refractivity contribution < 1.29 is 8.42 Å². The molecule has 0 radical (unpaired) electrons. The van der Waals surface area contributed by atoms with Crippen LogP contribution in [0.15, 0.2) is 0 Å². The van der Waals surface area contributed by atoms with E-state index < -0.39 is 10.2 Å². The summed E-state index contributed by atoms with van der Waals surface area (Å²) in [5.41, 5.74) is 0. The van der Waals surface area contributed by atoms with Crippen molar-refractivity contribution in [2.24, 2.45) is 0 Å². The smallest absolute Gasteiger partial charge is 0.282 e. The summed E-state index contributed by atoms with van der Waals surface area (Å²) in [6.45, 7) is 9.59. The van der Waals surface area contributed by atoms with Crippen molar-refractivity contribution in [1.29, 1.82) is 0 Å². The topological polar surface area (TPSA) is 52.7 Å². The zero-order chi connectivity index (χ0) is 15.7. The molecule has 1 rings (SSSR count). The molecule has 1 aliphatic rings. The number of nitrogens with zero attached hydrogens (tertiary/aromatic N) is 2. The molecule has 1 heterocycles. The van der Waals surface area contributed by atoms with Gasteiger partial charge in [-0.25, -0.2) is 0 Å². The van der Waals surface area contributed by atoms with Gasteiger partial charge in [0.25, 0.3) is 10.2 Å². The normalized spacial score (nSPS) is 20.3. The maximum Gasteiger partial charge on any atom is 0.282 e. The molecule has 6 heteroatoms. The molecule has 1 atom stereocenters. The van der Waals surface area contributed by atoms with Gasteiger partial charge in [0.05, 0.1) is 0 Å². The lowest BCUT2D eigenvalue weighted by molar-refractivity contribution is 0.286. The maximum absolute atomic E-state index is 12.9. The summed E-state index contributed by atoms with van der Waals surface area (Å²) in [6, 6.07) is 0.310. The second-order valence-electron chi connectivity index (χ2n) is 5.91. The minimum atomic E-state index is -3.32. The lowest BCUT2D eigenvalue weighted by Crippen LogP contribution is -2.50. The van der Waals surface area contributed by atoms with E-state index in [1.807, 2.05) is 20.8 Å². The van der Waals surface area contributed by atoms with Crippen LogP contribution in [0.2, 0.25) is 0 Å². The quantitative estimate of drug-likeness (QED) is 0.672. The minimum absolute atomic E-state index is 0.310. The van der Waals surface area contributed by atoms with Gasteiger partial charge in [-0.1, -0.05) is 27.2 Å². The van der Waals surface area contributed by atoms with Crippen molar-refractivity contribution in [2.75, 3.05) is 32.7 Å². The molecule has 0 aliphatic carbocycles. The number of nitrogens with one attached hydrogen (secondary N) is 1. The monoisotopic (exact) mass is 319 g/mol. The summed E-state index contributed by atoms with van der Waals surface area (Å²) in [5, 5.41) is 3.46. The van der Waals surface area contributed by atoms with E-state index in [1.165, 1.54) is 12.8 Å². The van der Waals surface area contributed by atoms with Gasteiger partial charge in [-0.15, -0.1) is 0 Å². The standard InChI is InChI=1S/C15H33N3O2S/c1-4-11-17(12-5-2)21(19,20)18(13-6-3)14-15-9-7-8-10-16-15/h15-16H,4-14H2,1-3H3. The van der Waals surface area contributed by atoms with Crippen LogP contribution in [0.1, 0.15) is 59.3 Å². The summed E-state index contributed by atoms with van der Waals surface area (Å²) in [7, 11) is -3.32. The fourth-order valence-electron chi connectivity index (χ4n) is 2.88. The third kappa shape index (κ3) is 5.85. The van der Waals surface area contributed by atoms with Gasteiger partial charge in [0.15, 0.2) is 0 Å². The predicted molar refractivity (Wildman–Crippen MR) is 88.6 cm³/mol. The fourth-order valence-corrected chi connectivity index (χ4v) is 4.82. The first-order chi connectivity index (χ1) is 10.1. The van der Waals surface area contributed by atoms with E-state index in [4.69, 9.17) is 0 Å². The van der Waals surface area contributed by atoms with Crippen LogP contribution < -0.4 is 5.32 Å². The van der Waals surface area contributed by atoms with Crippen molar-refractivity contribution in [2.45, 2.75) is 65.3 Å². The molecule has 0 saturated carbocycles. The second kappa shape index (κ2) is 9.77. The summed E-state index contributed by atoms with van der Waals surface area (Å²) < 4.78 is 29.2. The molecular weight excluding hydrogens is 286 g/mol. The first-order valence-electron chi connectivity index (χ1n) is 8.54. The Morgan fingerprint density at radius 1 is 0.952 bits per heavy atom. The van der Waals surface area contributed by atoms with Crippen LogP contribution in [0.3, 0.4) is 0 Å². The lowest BCUT2D eigenvalue weighted by atomic mass is 10.1. The Hall–Kier alpha value is -0.170. The Morgan fingerprint density at radius 2 is 1.52 bits per heavy atom. The fraction of sp³-hybridized carbons (Fsp3) is 1.00. The van der Waals surface area contributed by atoms with Crippen LogP contribution in [-0.2, 0) is 10.2 Å². The second-order valence-corrected chi connectivity index (χ2v) is 7.84. The van der Waals surface area contributed by atoms with E-state index in [9.17, 15) is 8.42 Å². The molecule has 0 aromatic rings. The minimum Gasteiger partial charge on any atom is -0.313 e. The molecule has 1 fully saturated rings. The average Bonchev–Trinajstić information content (AvgIpc) is 2.47. The number of rotatable bonds is 10. The van der Waals surface area contributed by atoms with Crippen LogP contribution in [0.4, 0.5) is 0 Å². The average molecular weight is 320 g/mol. The summed E-state index contributed by atoms with van der Waals surface area (Å²) in [4.78, 5) is 0. The summed E-state index contributed by atoms with van der Waals surface area (Å²) in [6.07, 6.45) is 6.07. The molecule has 0 spiro atoms. The van der Waals surface area contributed by atoms with Crippen molar-refractivity contribution in [3.63, 3.8) is 0 Å². The molecule has 1 N–H and O–H groups in total. The molecule has 1 unspecified atom stereocenters. The van der Waals surface area contributed by atoms with Crippen LogP contribution in [-0.4, -0.2) is 55.8 Å². The van der Waals surface area contributed by atoms with Crippen molar-refractivity contribution in [3.8, 4) is 0 Å². The van der Waals surface area contributed by atoms with Gasteiger partial charge in [0.1, 0.15) is 0 Å². The Labute approximate surface area is 131 Å². The van der Waals surface area contributed by atoms with E-state index in [0.717, 1.165) is 32.2 Å². The van der Waals surface area contributed by atoms with E-state index in [0.29, 0.717) is 32.2 Å². The van der Waals surface area contributed by atoms with E-state index in [1.54, 1.807) is 8.61 Å². The molecule has 1 saturated heterocycles. The summed E-state index contributed by atoms with van der Waals surface area (Å²) >= 11 is 0. The Kier molecular flexibility index (Phi) is 8.78. The van der Waals surface area contributed by atoms with Gasteiger partial charge in [-0.05, 0) is 38.6 Å². The summed E-state index contributed by atoms with van der Waals surface area (Å²) in [5.74, 6) is 0. The van der Waals surface area contributed by atoms with Crippen LogP contribution in [0.5, 0.6) is 0 Å². The van der Waals surface area contributed by atoms with Crippen molar-refractivity contribution in [1.82, 2.24) is 13.9 Å². The van der Waals surface area contributed by atoms with Gasteiger partial charge in [0.2, 0.25) is 0 Å². The zero-order valence-electron chi connectivity index (χ0n) is 14.0. The number of hydrogen-bond donors (Lipinski definition) is 1. The third-order valence-electron chi connectivity index (χ3n) is 3.91. The molecule has 0 amide bonds. The van der Waals surface area contributed by atoms with Crippen LogP contribution in [0, 0.1) is 0 Å². The molecule has 1 aliphatic heterocycles. The third-order valence-corrected chi connectivity index (χ3v) is 5.91. The molecule has 0 aromatic heterocycles. The molecule has 5 nitrogen and oxygen atoms in total. The SMILES string of the molecule is CCCN(CCC)S(=O)(=O)N(CCC)CC1CCCCN1. The number of piperidine rings is 1. The van der Waals surface area contributed by atoms with Gasteiger partial charge in [0, 0.05) is 32.2 Å². The molecule has 0 aromatic carbocycles. The largest absolute Gasteiger partial charge is 0.313 e. The highest BCUT2D eigenvalue weighted by molar-refractivity contribution is 7.86. The Balaban J connectivity index is 2.78. The van der Waals surface area contributed by atoms with Gasteiger partial charge >= 0.3 is 0 Å². The highest BCUT2D eigenvalue weighted by atomic mass is 32.2. The first-order valence-corrected chi connectivity index (χ1v) is 9.94. The van der Waals surface area contributed by atoms with E-state index in [2.05, 4.69) is 5.32 Å². The molecule has 21 heavy (non-hydrogen) atoms.